The van der Waals surface area contributed by atoms with Crippen molar-refractivity contribution in [3.63, 3.8) is 0 Å². The predicted octanol–water partition coefficient (Wildman–Crippen LogP) is 3.63. The van der Waals surface area contributed by atoms with E-state index in [1.807, 2.05) is 24.3 Å². The Morgan fingerprint density at radius 1 is 1.10 bits per heavy atom. The second-order valence-electron chi connectivity index (χ2n) is 5.89. The Morgan fingerprint density at radius 2 is 1.70 bits per heavy atom. The highest BCUT2D eigenvalue weighted by Crippen LogP contribution is 2.40. The van der Waals surface area contributed by atoms with Crippen LogP contribution in [-0.4, -0.2) is 11.7 Å². The van der Waals surface area contributed by atoms with Crippen molar-refractivity contribution in [1.82, 2.24) is 0 Å². The van der Waals surface area contributed by atoms with Gasteiger partial charge in [0, 0.05) is 27.0 Å². The molecule has 1 N–H and O–H groups in total. The lowest BCUT2D eigenvalue weighted by Gasteiger charge is -2.36. The van der Waals surface area contributed by atoms with Crippen LogP contribution in [0, 0.1) is 21.3 Å². The highest BCUT2D eigenvalue weighted by atomic mass is 127. The van der Waals surface area contributed by atoms with Crippen LogP contribution in [-0.2, 0) is 9.59 Å². The number of ketones is 1. The first-order valence-corrected chi connectivity index (χ1v) is 8.31. The van der Waals surface area contributed by atoms with Crippen molar-refractivity contribution in [2.45, 2.75) is 32.1 Å². The molecule has 0 saturated heterocycles. The van der Waals surface area contributed by atoms with E-state index < -0.39 is 0 Å². The number of halogens is 1. The first-order chi connectivity index (χ1) is 9.63. The van der Waals surface area contributed by atoms with Gasteiger partial charge in [-0.05, 0) is 72.5 Å². The zero-order chi connectivity index (χ0) is 14.1. The van der Waals surface area contributed by atoms with Crippen LogP contribution in [0.1, 0.15) is 32.1 Å². The lowest BCUT2D eigenvalue weighted by molar-refractivity contribution is -0.136. The minimum Gasteiger partial charge on any atom is -0.326 e. The van der Waals surface area contributed by atoms with Crippen molar-refractivity contribution in [2.24, 2.45) is 17.8 Å². The predicted molar refractivity (Wildman–Crippen MR) is 86.4 cm³/mol. The maximum Gasteiger partial charge on any atom is 0.227 e. The number of anilines is 1. The highest BCUT2D eigenvalue weighted by Gasteiger charge is 2.41. The summed E-state index contributed by atoms with van der Waals surface area (Å²) in [5.41, 5.74) is 0.845. The first-order valence-electron chi connectivity index (χ1n) is 7.23. The molecule has 0 aromatic heterocycles. The van der Waals surface area contributed by atoms with Crippen LogP contribution in [0.3, 0.4) is 0 Å². The average molecular weight is 383 g/mol. The molecule has 2 aliphatic carbocycles. The minimum atomic E-state index is 0.00211. The maximum atomic E-state index is 12.4. The molecule has 0 unspecified atom stereocenters. The van der Waals surface area contributed by atoms with Crippen molar-refractivity contribution >= 4 is 40.0 Å². The molecule has 2 atom stereocenters. The molecule has 2 aliphatic rings. The van der Waals surface area contributed by atoms with Gasteiger partial charge in [-0.25, -0.2) is 0 Å². The Balaban J connectivity index is 1.66. The van der Waals surface area contributed by atoms with E-state index in [0.29, 0.717) is 5.78 Å². The van der Waals surface area contributed by atoms with Crippen LogP contribution in [0.5, 0.6) is 0 Å². The van der Waals surface area contributed by atoms with Crippen LogP contribution in [0.15, 0.2) is 24.3 Å². The van der Waals surface area contributed by atoms with Crippen molar-refractivity contribution in [2.75, 3.05) is 5.32 Å². The summed E-state index contributed by atoms with van der Waals surface area (Å²) in [5.74, 6) is 0.761. The number of nitrogens with one attached hydrogen (secondary N) is 1. The van der Waals surface area contributed by atoms with Gasteiger partial charge in [0.05, 0.1) is 0 Å². The molecule has 2 fully saturated rings. The standard InChI is InChI=1S/C16H18INO2/c17-13-4-6-14(7-5-13)18-16(20)12-8-10-2-1-3-11(9-12)15(10)19/h4-7,10-12H,1-3,8-9H2,(H,18,20)/t10-,11-/m0/s1. The van der Waals surface area contributed by atoms with Gasteiger partial charge >= 0.3 is 0 Å². The van der Waals surface area contributed by atoms with Gasteiger partial charge in [0.15, 0.2) is 0 Å². The minimum absolute atomic E-state index is 0.00211. The molecule has 0 heterocycles. The molecule has 2 bridgehead atoms. The number of amides is 1. The fourth-order valence-electron chi connectivity index (χ4n) is 3.47. The molecular weight excluding hydrogens is 365 g/mol. The Hall–Kier alpha value is -0.910. The second kappa shape index (κ2) is 5.84. The lowest BCUT2D eigenvalue weighted by atomic mass is 9.67. The van der Waals surface area contributed by atoms with Gasteiger partial charge in [-0.2, -0.15) is 0 Å². The second-order valence-corrected chi connectivity index (χ2v) is 7.14. The van der Waals surface area contributed by atoms with Gasteiger partial charge in [-0.3, -0.25) is 9.59 Å². The Bertz CT molecular complexity index is 510. The normalized spacial score (nSPS) is 29.1. The molecule has 3 rings (SSSR count). The van der Waals surface area contributed by atoms with Gasteiger partial charge < -0.3 is 5.32 Å². The Morgan fingerprint density at radius 3 is 2.30 bits per heavy atom. The summed E-state index contributed by atoms with van der Waals surface area (Å²) in [6.45, 7) is 0. The van der Waals surface area contributed by atoms with E-state index in [9.17, 15) is 9.59 Å². The van der Waals surface area contributed by atoms with Gasteiger partial charge in [0.1, 0.15) is 5.78 Å². The van der Waals surface area contributed by atoms with Gasteiger partial charge in [-0.1, -0.05) is 6.42 Å². The number of hydrogen-bond acceptors (Lipinski definition) is 2. The summed E-state index contributed by atoms with van der Waals surface area (Å²) < 4.78 is 1.15. The van der Waals surface area contributed by atoms with Crippen LogP contribution in [0.2, 0.25) is 0 Å². The van der Waals surface area contributed by atoms with Crippen LogP contribution < -0.4 is 5.32 Å². The van der Waals surface area contributed by atoms with E-state index >= 15 is 0 Å². The van der Waals surface area contributed by atoms with E-state index in [1.165, 1.54) is 0 Å². The summed E-state index contributed by atoms with van der Waals surface area (Å²) in [5, 5.41) is 2.99. The van der Waals surface area contributed by atoms with Crippen molar-refractivity contribution in [3.8, 4) is 0 Å². The Labute approximate surface area is 132 Å². The smallest absolute Gasteiger partial charge is 0.227 e. The summed E-state index contributed by atoms with van der Waals surface area (Å²) in [7, 11) is 0. The Kier molecular flexibility index (Phi) is 4.10. The third-order valence-electron chi connectivity index (χ3n) is 4.53. The van der Waals surface area contributed by atoms with Crippen LogP contribution in [0.4, 0.5) is 5.69 Å². The molecule has 1 amide bonds. The molecule has 1 aromatic rings. The molecular formula is C16H18INO2. The third kappa shape index (κ3) is 2.90. The van der Waals surface area contributed by atoms with E-state index in [1.54, 1.807) is 0 Å². The van der Waals surface area contributed by atoms with Crippen molar-refractivity contribution < 1.29 is 9.59 Å². The maximum absolute atomic E-state index is 12.4. The zero-order valence-corrected chi connectivity index (χ0v) is 13.4. The van der Waals surface area contributed by atoms with Crippen LogP contribution >= 0.6 is 22.6 Å². The van der Waals surface area contributed by atoms with E-state index in [4.69, 9.17) is 0 Å². The molecule has 106 valence electrons. The molecule has 0 radical (unpaired) electrons. The lowest BCUT2D eigenvalue weighted by Crippen LogP contribution is -2.40. The molecule has 4 heteroatoms. The van der Waals surface area contributed by atoms with E-state index in [0.717, 1.165) is 41.4 Å². The molecule has 20 heavy (non-hydrogen) atoms. The molecule has 3 nitrogen and oxygen atoms in total. The van der Waals surface area contributed by atoms with Crippen molar-refractivity contribution in [1.29, 1.82) is 0 Å². The molecule has 1 aromatic carbocycles. The molecule has 0 spiro atoms. The molecule has 2 saturated carbocycles. The fourth-order valence-corrected chi connectivity index (χ4v) is 3.83. The average Bonchev–Trinajstić information content (AvgIpc) is 2.41. The summed E-state index contributed by atoms with van der Waals surface area (Å²) in [6.07, 6.45) is 4.58. The monoisotopic (exact) mass is 383 g/mol. The number of hydrogen-bond donors (Lipinski definition) is 1. The summed E-state index contributed by atoms with van der Waals surface area (Å²) >= 11 is 2.24. The van der Waals surface area contributed by atoms with E-state index in [-0.39, 0.29) is 23.7 Å². The fraction of sp³-hybridized carbons (Fsp3) is 0.500. The van der Waals surface area contributed by atoms with Gasteiger partial charge in [-0.15, -0.1) is 0 Å². The number of carbonyl (C=O) groups is 2. The number of benzene rings is 1. The first kappa shape index (κ1) is 14.0. The molecule has 0 aliphatic heterocycles. The third-order valence-corrected chi connectivity index (χ3v) is 5.25. The SMILES string of the molecule is O=C(Nc1ccc(I)cc1)C1C[C@@H]2CCC[C@@H](C1)C2=O. The topological polar surface area (TPSA) is 46.2 Å². The number of rotatable bonds is 2. The summed E-state index contributed by atoms with van der Waals surface area (Å²) in [6, 6.07) is 7.81. The largest absolute Gasteiger partial charge is 0.326 e. The quantitative estimate of drug-likeness (QED) is 0.793. The summed E-state index contributed by atoms with van der Waals surface area (Å²) in [4.78, 5) is 24.4. The highest BCUT2D eigenvalue weighted by molar-refractivity contribution is 14.1. The van der Waals surface area contributed by atoms with Crippen molar-refractivity contribution in [3.05, 3.63) is 27.8 Å². The number of Topliss-reactive ketones (excluding diaryl/α,β-unsaturated/α-hetero) is 1. The number of carbonyl (C=O) groups excluding carboxylic acids is 2. The van der Waals surface area contributed by atoms with E-state index in [2.05, 4.69) is 27.9 Å². The number of fused-ring (bicyclic) bond motifs is 2. The van der Waals surface area contributed by atoms with Crippen LogP contribution in [0.25, 0.3) is 0 Å². The zero-order valence-electron chi connectivity index (χ0n) is 11.3. The van der Waals surface area contributed by atoms with Gasteiger partial charge in [0.2, 0.25) is 5.91 Å². The van der Waals surface area contributed by atoms with Gasteiger partial charge in [0.25, 0.3) is 0 Å².